The summed E-state index contributed by atoms with van der Waals surface area (Å²) in [5, 5.41) is 0. The highest BCUT2D eigenvalue weighted by Crippen LogP contribution is 2.26. The summed E-state index contributed by atoms with van der Waals surface area (Å²) in [7, 11) is 0. The van der Waals surface area contributed by atoms with Gasteiger partial charge in [0.2, 0.25) is 0 Å². The van der Waals surface area contributed by atoms with Gasteiger partial charge in [0.15, 0.2) is 6.61 Å². The molecule has 3 aromatic rings. The summed E-state index contributed by atoms with van der Waals surface area (Å²) in [4.78, 5) is 24.2. The molecule has 3 aromatic carbocycles. The number of carbonyl (C=O) groups is 2. The first-order chi connectivity index (χ1) is 15.0. The molecule has 0 saturated carbocycles. The Labute approximate surface area is 189 Å². The lowest BCUT2D eigenvalue weighted by Crippen LogP contribution is -2.43. The molecule has 2 amide bonds. The van der Waals surface area contributed by atoms with E-state index in [1.54, 1.807) is 24.3 Å². The molecule has 0 unspecified atom stereocenters. The fourth-order valence-electron chi connectivity index (χ4n) is 2.77. The molecule has 0 aliphatic rings. The van der Waals surface area contributed by atoms with Crippen LogP contribution in [0.25, 0.3) is 0 Å². The minimum absolute atomic E-state index is 0.207. The van der Waals surface area contributed by atoms with Crippen LogP contribution in [0.3, 0.4) is 0 Å². The van der Waals surface area contributed by atoms with Crippen molar-refractivity contribution in [1.29, 1.82) is 0 Å². The van der Waals surface area contributed by atoms with Gasteiger partial charge in [0, 0.05) is 12.0 Å². The molecular weight excluding hydrogens is 460 g/mol. The van der Waals surface area contributed by atoms with Crippen molar-refractivity contribution < 1.29 is 19.1 Å². The second-order valence-electron chi connectivity index (χ2n) is 6.84. The maximum Gasteiger partial charge on any atom is 0.276 e. The lowest BCUT2D eigenvalue weighted by molar-refractivity contribution is -0.123. The van der Waals surface area contributed by atoms with Crippen LogP contribution in [0.1, 0.15) is 21.5 Å². The van der Waals surface area contributed by atoms with E-state index < -0.39 is 11.8 Å². The Morgan fingerprint density at radius 2 is 1.71 bits per heavy atom. The van der Waals surface area contributed by atoms with Gasteiger partial charge in [-0.3, -0.25) is 20.4 Å². The second-order valence-corrected chi connectivity index (χ2v) is 7.69. The first-order valence-corrected chi connectivity index (χ1v) is 10.6. The Morgan fingerprint density at radius 1 is 0.903 bits per heavy atom. The van der Waals surface area contributed by atoms with Gasteiger partial charge in [-0.15, -0.1) is 0 Å². The molecule has 0 aliphatic heterocycles. The van der Waals surface area contributed by atoms with E-state index in [1.807, 2.05) is 55.5 Å². The zero-order valence-corrected chi connectivity index (χ0v) is 18.6. The fourth-order valence-corrected chi connectivity index (χ4v) is 3.26. The molecule has 0 aromatic heterocycles. The first kappa shape index (κ1) is 22.4. The van der Waals surface area contributed by atoms with Crippen molar-refractivity contribution in [2.75, 3.05) is 13.2 Å². The Balaban J connectivity index is 1.44. The van der Waals surface area contributed by atoms with Crippen LogP contribution in [0, 0.1) is 6.92 Å². The van der Waals surface area contributed by atoms with E-state index in [2.05, 4.69) is 26.8 Å². The highest BCUT2D eigenvalue weighted by Gasteiger charge is 2.11. The number of nitrogens with one attached hydrogen (secondary N) is 2. The molecule has 160 valence electrons. The standard InChI is InChI=1S/C24H23BrN2O4/c1-17-6-5-9-20(14-17)31-16-23(28)26-27-24(29)19-10-11-22(21(25)15-19)30-13-12-18-7-3-2-4-8-18/h2-11,14-15H,12-13,16H2,1H3,(H,26,28)(H,27,29). The van der Waals surface area contributed by atoms with Gasteiger partial charge in [0.25, 0.3) is 11.8 Å². The number of carbonyl (C=O) groups excluding carboxylic acids is 2. The van der Waals surface area contributed by atoms with Crippen molar-refractivity contribution >= 4 is 27.7 Å². The SMILES string of the molecule is Cc1cccc(OCC(=O)NNC(=O)c2ccc(OCCc3ccccc3)c(Br)c2)c1. The molecule has 0 fully saturated rings. The molecular formula is C24H23BrN2O4. The fraction of sp³-hybridized carbons (Fsp3) is 0.167. The van der Waals surface area contributed by atoms with E-state index in [0.717, 1.165) is 12.0 Å². The quantitative estimate of drug-likeness (QED) is 0.471. The monoisotopic (exact) mass is 482 g/mol. The number of halogens is 1. The van der Waals surface area contributed by atoms with Crippen LogP contribution >= 0.6 is 15.9 Å². The van der Waals surface area contributed by atoms with Gasteiger partial charge in [0.05, 0.1) is 11.1 Å². The molecule has 0 atom stereocenters. The van der Waals surface area contributed by atoms with Crippen molar-refractivity contribution in [1.82, 2.24) is 10.9 Å². The maximum absolute atomic E-state index is 12.3. The number of hydrogen-bond donors (Lipinski definition) is 2. The van der Waals surface area contributed by atoms with Crippen LogP contribution in [0.2, 0.25) is 0 Å². The molecule has 31 heavy (non-hydrogen) atoms. The summed E-state index contributed by atoms with van der Waals surface area (Å²) in [6, 6.07) is 22.4. The van der Waals surface area contributed by atoms with Gasteiger partial charge < -0.3 is 9.47 Å². The van der Waals surface area contributed by atoms with Crippen molar-refractivity contribution in [3.8, 4) is 11.5 Å². The van der Waals surface area contributed by atoms with E-state index in [0.29, 0.717) is 28.1 Å². The molecule has 7 heteroatoms. The van der Waals surface area contributed by atoms with Gasteiger partial charge in [-0.1, -0.05) is 42.5 Å². The molecule has 0 aliphatic carbocycles. The summed E-state index contributed by atoms with van der Waals surface area (Å²) in [5.74, 6) is 0.326. The average molecular weight is 483 g/mol. The maximum atomic E-state index is 12.3. The summed E-state index contributed by atoms with van der Waals surface area (Å²) >= 11 is 3.43. The van der Waals surface area contributed by atoms with E-state index >= 15 is 0 Å². The molecule has 6 nitrogen and oxygen atoms in total. The minimum Gasteiger partial charge on any atom is -0.492 e. The highest BCUT2D eigenvalue weighted by atomic mass is 79.9. The van der Waals surface area contributed by atoms with Gasteiger partial charge in [-0.05, 0) is 64.3 Å². The van der Waals surface area contributed by atoms with Crippen molar-refractivity contribution in [2.24, 2.45) is 0 Å². The van der Waals surface area contributed by atoms with Crippen LogP contribution in [-0.4, -0.2) is 25.0 Å². The lowest BCUT2D eigenvalue weighted by atomic mass is 10.2. The van der Waals surface area contributed by atoms with E-state index in [4.69, 9.17) is 9.47 Å². The smallest absolute Gasteiger partial charge is 0.276 e. The van der Waals surface area contributed by atoms with Crippen LogP contribution in [0.5, 0.6) is 11.5 Å². The summed E-state index contributed by atoms with van der Waals surface area (Å²) < 4.78 is 11.8. The van der Waals surface area contributed by atoms with Crippen molar-refractivity contribution in [3.63, 3.8) is 0 Å². The third-order valence-corrected chi connectivity index (χ3v) is 4.98. The number of rotatable bonds is 8. The van der Waals surface area contributed by atoms with E-state index in [-0.39, 0.29) is 6.61 Å². The van der Waals surface area contributed by atoms with E-state index in [9.17, 15) is 9.59 Å². The normalized spacial score (nSPS) is 10.3. The van der Waals surface area contributed by atoms with Crippen LogP contribution < -0.4 is 20.3 Å². The van der Waals surface area contributed by atoms with Gasteiger partial charge >= 0.3 is 0 Å². The van der Waals surface area contributed by atoms with E-state index in [1.165, 1.54) is 5.56 Å². The number of hydrazine groups is 1. The summed E-state index contributed by atoms with van der Waals surface area (Å²) in [5.41, 5.74) is 7.32. The molecule has 0 spiro atoms. The van der Waals surface area contributed by atoms with Crippen LogP contribution in [0.15, 0.2) is 77.3 Å². The third-order valence-electron chi connectivity index (χ3n) is 4.36. The number of ether oxygens (including phenoxy) is 2. The van der Waals surface area contributed by atoms with Crippen molar-refractivity contribution in [2.45, 2.75) is 13.3 Å². The lowest BCUT2D eigenvalue weighted by Gasteiger charge is -2.11. The van der Waals surface area contributed by atoms with Crippen molar-refractivity contribution in [3.05, 3.63) is 94.0 Å². The van der Waals surface area contributed by atoms with Crippen LogP contribution in [-0.2, 0) is 11.2 Å². The molecule has 0 bridgehead atoms. The average Bonchev–Trinajstić information content (AvgIpc) is 2.78. The van der Waals surface area contributed by atoms with Gasteiger partial charge in [0.1, 0.15) is 11.5 Å². The molecule has 0 radical (unpaired) electrons. The second kappa shape index (κ2) is 11.2. The minimum atomic E-state index is -0.463. The Morgan fingerprint density at radius 3 is 2.45 bits per heavy atom. The number of hydrogen-bond acceptors (Lipinski definition) is 4. The third kappa shape index (κ3) is 7.15. The largest absolute Gasteiger partial charge is 0.492 e. The van der Waals surface area contributed by atoms with Gasteiger partial charge in [-0.2, -0.15) is 0 Å². The topological polar surface area (TPSA) is 76.7 Å². The van der Waals surface area contributed by atoms with Gasteiger partial charge in [-0.25, -0.2) is 0 Å². The zero-order chi connectivity index (χ0) is 22.1. The Bertz CT molecular complexity index is 1040. The predicted octanol–water partition coefficient (Wildman–Crippen LogP) is 4.22. The first-order valence-electron chi connectivity index (χ1n) is 9.76. The van der Waals surface area contributed by atoms with Crippen LogP contribution in [0.4, 0.5) is 0 Å². The number of amides is 2. The molecule has 3 rings (SSSR count). The molecule has 2 N–H and O–H groups in total. The molecule has 0 saturated heterocycles. The Kier molecular flexibility index (Phi) is 8.06. The summed E-state index contributed by atoms with van der Waals surface area (Å²) in [6.07, 6.45) is 0.784. The predicted molar refractivity (Wildman–Crippen MR) is 122 cm³/mol. The zero-order valence-electron chi connectivity index (χ0n) is 17.1. The summed E-state index contributed by atoms with van der Waals surface area (Å²) in [6.45, 7) is 2.25. The molecule has 0 heterocycles. The number of aryl methyl sites for hydroxylation is 1. The number of benzene rings is 3. The Hall–Kier alpha value is -3.32. The highest BCUT2D eigenvalue weighted by molar-refractivity contribution is 9.10.